The predicted octanol–water partition coefficient (Wildman–Crippen LogP) is 3.04. The minimum Gasteiger partial charge on any atom is -0.487 e. The summed E-state index contributed by atoms with van der Waals surface area (Å²) < 4.78 is 5.50. The van der Waals surface area contributed by atoms with Gasteiger partial charge >= 0.3 is 0 Å². The van der Waals surface area contributed by atoms with Crippen LogP contribution in [-0.4, -0.2) is 18.5 Å². The maximum atomic E-state index is 5.50. The van der Waals surface area contributed by atoms with E-state index < -0.39 is 0 Å². The molecule has 0 amide bonds. The monoisotopic (exact) mass is 331 g/mol. The van der Waals surface area contributed by atoms with Crippen LogP contribution in [0, 0.1) is 21.4 Å². The molecule has 0 aliphatic carbocycles. The number of nitrogens with zero attached hydrogens (tertiary/aromatic N) is 1. The van der Waals surface area contributed by atoms with Gasteiger partial charge in [0, 0.05) is 21.1 Å². The van der Waals surface area contributed by atoms with E-state index in [1.807, 2.05) is 34.7 Å². The molecule has 0 aliphatic heterocycles. The van der Waals surface area contributed by atoms with Crippen molar-refractivity contribution >= 4 is 0 Å². The molecule has 0 N–H and O–H groups in total. The van der Waals surface area contributed by atoms with E-state index in [9.17, 15) is 0 Å². The standard InChI is InChI=1S/C4H9N.2C2H6.CH3.W/c1-4-5(2)3;2*1-2;;/h1-2,4H2,3H3;2*1-2H3;1H3;/q-2;;;-1;/i;;;1D;. The summed E-state index contributed by atoms with van der Waals surface area (Å²) in [5.41, 5.74) is 0. The van der Waals surface area contributed by atoms with Crippen molar-refractivity contribution in [2.24, 2.45) is 0 Å². The van der Waals surface area contributed by atoms with E-state index in [1.165, 1.54) is 0 Å². The van der Waals surface area contributed by atoms with Gasteiger partial charge in [0.25, 0.3) is 0 Å². The Bertz CT molecular complexity index is 28.5. The molecule has 1 nitrogen and oxygen atoms in total. The van der Waals surface area contributed by atoms with Crippen LogP contribution in [0.25, 0.3) is 0 Å². The van der Waals surface area contributed by atoms with Crippen molar-refractivity contribution in [3.63, 3.8) is 0 Å². The maximum Gasteiger partial charge on any atom is 0 e. The minimum atomic E-state index is 0. The predicted molar refractivity (Wildman–Crippen MR) is 52.5 cm³/mol. The van der Waals surface area contributed by atoms with Gasteiger partial charge in [0.05, 0.1) is 0 Å². The average molecular weight is 331 g/mol. The summed E-state index contributed by atoms with van der Waals surface area (Å²) in [4.78, 5) is 1.76. The summed E-state index contributed by atoms with van der Waals surface area (Å²) in [7, 11) is 7.91. The van der Waals surface area contributed by atoms with E-state index in [-0.39, 0.29) is 21.1 Å². The van der Waals surface area contributed by atoms with Crippen LogP contribution in [0.5, 0.6) is 0 Å². The fraction of sp³-hybridized carbons (Fsp3) is 0.667. The third-order valence-electron chi connectivity index (χ3n) is 0.382. The molecular formula is C9H24NW-3. The quantitative estimate of drug-likeness (QED) is 0.668. The van der Waals surface area contributed by atoms with Gasteiger partial charge in [0.15, 0.2) is 0 Å². The van der Waals surface area contributed by atoms with Crippen LogP contribution >= 0.6 is 0 Å². The van der Waals surface area contributed by atoms with Gasteiger partial charge in [0.2, 0.25) is 0 Å². The molecule has 0 saturated carbocycles. The Balaban J connectivity index is -0.0000000203. The molecule has 0 rings (SSSR count). The first-order valence-electron chi connectivity index (χ1n) is 4.29. The first-order chi connectivity index (χ1) is 5.27. The number of hydrogen-bond donors (Lipinski definition) is 0. The Morgan fingerprint density at radius 3 is 1.36 bits per heavy atom. The molecule has 0 aromatic rings. The van der Waals surface area contributed by atoms with Crippen molar-refractivity contribution < 1.29 is 22.4 Å². The first-order valence-corrected chi connectivity index (χ1v) is 3.58. The molecule has 0 saturated heterocycles. The smallest absolute Gasteiger partial charge is 0 e. The summed E-state index contributed by atoms with van der Waals surface area (Å²) in [6.07, 6.45) is 0. The van der Waals surface area contributed by atoms with Crippen molar-refractivity contribution in [2.75, 3.05) is 13.6 Å². The normalized spacial score (nSPS) is 6.09. The van der Waals surface area contributed by atoms with Crippen LogP contribution in [-0.2, 0) is 21.1 Å². The summed E-state index contributed by atoms with van der Waals surface area (Å²) >= 11 is 0. The van der Waals surface area contributed by atoms with E-state index in [0.29, 0.717) is 0 Å². The van der Waals surface area contributed by atoms with Crippen LogP contribution in [0.3, 0.4) is 0 Å². The molecule has 0 fully saturated rings. The second-order valence-corrected chi connectivity index (χ2v) is 1.08. The van der Waals surface area contributed by atoms with Crippen LogP contribution in [0.2, 0.25) is 0 Å². The van der Waals surface area contributed by atoms with Crippen LogP contribution in [0.15, 0.2) is 0 Å². The SMILES string of the molecule is CC.CC.[2H][CH2-].[CH2-]CN([CH2-])C.[W]. The van der Waals surface area contributed by atoms with Gasteiger partial charge in [0.1, 0.15) is 0 Å². The van der Waals surface area contributed by atoms with Gasteiger partial charge in [-0.2, -0.15) is 6.54 Å². The Morgan fingerprint density at radius 1 is 1.27 bits per heavy atom. The molecule has 0 radical (unpaired) electrons. The molecule has 0 heterocycles. The molecular weight excluding hydrogens is 306 g/mol. The van der Waals surface area contributed by atoms with Crippen LogP contribution < -0.4 is 0 Å². The molecule has 2 heteroatoms. The molecule has 0 aromatic carbocycles. The molecule has 0 aromatic heterocycles. The molecule has 0 atom stereocenters. The Labute approximate surface area is 90.2 Å². The summed E-state index contributed by atoms with van der Waals surface area (Å²) in [6.45, 7) is 12.3. The molecule has 0 aliphatic rings. The van der Waals surface area contributed by atoms with Gasteiger partial charge in [-0.3, -0.25) is 7.05 Å². The largest absolute Gasteiger partial charge is 0.487 e. The third kappa shape index (κ3) is 114. The zero-order valence-electron chi connectivity index (χ0n) is 9.68. The number of rotatable bonds is 1. The van der Waals surface area contributed by atoms with Gasteiger partial charge in [-0.25, -0.2) is 1.37 Å². The summed E-state index contributed by atoms with van der Waals surface area (Å²) in [6, 6.07) is 0. The Hall–Kier alpha value is 0.648. The van der Waals surface area contributed by atoms with Gasteiger partial charge < -0.3 is 19.2 Å². The fourth-order valence-electron chi connectivity index (χ4n) is 0. The molecule has 74 valence electrons. The minimum absolute atomic E-state index is 0. The summed E-state index contributed by atoms with van der Waals surface area (Å²) in [5.74, 6) is 0. The average Bonchev–Trinajstić information content (AvgIpc) is 2.15. The zero-order chi connectivity index (χ0) is 10.3. The Morgan fingerprint density at radius 2 is 1.36 bits per heavy atom. The van der Waals surface area contributed by atoms with E-state index in [4.69, 9.17) is 1.37 Å². The van der Waals surface area contributed by atoms with E-state index in [2.05, 4.69) is 21.4 Å². The van der Waals surface area contributed by atoms with Gasteiger partial charge in [-0.05, 0) is 7.05 Å². The Kier molecular flexibility index (Phi) is 94.2. The van der Waals surface area contributed by atoms with E-state index in [0.717, 1.165) is 6.54 Å². The van der Waals surface area contributed by atoms with Crippen molar-refractivity contribution in [2.45, 2.75) is 27.7 Å². The molecule has 11 heavy (non-hydrogen) atoms. The van der Waals surface area contributed by atoms with E-state index in [1.54, 1.807) is 4.90 Å². The van der Waals surface area contributed by atoms with Crippen LogP contribution in [0.4, 0.5) is 0 Å². The number of hydrogen-bond acceptors (Lipinski definition) is 1. The van der Waals surface area contributed by atoms with Gasteiger partial charge in [-0.1, -0.05) is 27.7 Å². The van der Waals surface area contributed by atoms with Crippen molar-refractivity contribution in [3.05, 3.63) is 21.4 Å². The topological polar surface area (TPSA) is 3.24 Å². The zero-order valence-corrected chi connectivity index (χ0v) is 11.6. The van der Waals surface area contributed by atoms with Crippen molar-refractivity contribution in [3.8, 4) is 0 Å². The van der Waals surface area contributed by atoms with E-state index >= 15 is 0 Å². The second-order valence-electron chi connectivity index (χ2n) is 1.08. The fourth-order valence-corrected chi connectivity index (χ4v) is 0. The second kappa shape index (κ2) is 45.9. The van der Waals surface area contributed by atoms with Crippen molar-refractivity contribution in [1.29, 1.82) is 0 Å². The van der Waals surface area contributed by atoms with Crippen LogP contribution in [0.1, 0.15) is 29.1 Å². The molecule has 0 bridgehead atoms. The third-order valence-corrected chi connectivity index (χ3v) is 0.382. The van der Waals surface area contributed by atoms with Crippen molar-refractivity contribution in [1.82, 2.24) is 4.90 Å². The maximum absolute atomic E-state index is 5.50. The summed E-state index contributed by atoms with van der Waals surface area (Å²) in [5, 5.41) is 0. The first kappa shape index (κ1) is 22.6. The molecule has 0 unspecified atom stereocenters. The van der Waals surface area contributed by atoms with Gasteiger partial charge in [-0.15, -0.1) is 0 Å². The molecule has 0 spiro atoms.